The van der Waals surface area contributed by atoms with E-state index in [1.807, 2.05) is 6.92 Å². The second-order valence-corrected chi connectivity index (χ2v) is 3.56. The number of allylic oxidation sites excluding steroid dienone is 1. The summed E-state index contributed by atoms with van der Waals surface area (Å²) in [7, 11) is 0. The van der Waals surface area contributed by atoms with Crippen LogP contribution in [-0.4, -0.2) is 18.4 Å². The van der Waals surface area contributed by atoms with Crippen LogP contribution >= 0.6 is 0 Å². The number of aliphatic imine (C=N–C) groups is 1. The van der Waals surface area contributed by atoms with Gasteiger partial charge in [-0.25, -0.2) is 0 Å². The van der Waals surface area contributed by atoms with Crippen LogP contribution in [0.1, 0.15) is 33.6 Å². The first-order valence-corrected chi connectivity index (χ1v) is 4.70. The smallest absolute Gasteiger partial charge is 0.0909 e. The fraction of sp³-hybridized carbons (Fsp3) is 0.700. The lowest BCUT2D eigenvalue weighted by molar-refractivity contribution is 0.674. The summed E-state index contributed by atoms with van der Waals surface area (Å²) in [6, 6.07) is 0.281. The first-order chi connectivity index (χ1) is 6.02. The Morgan fingerprint density at radius 1 is 1.46 bits per heavy atom. The quantitative estimate of drug-likeness (QED) is 0.385. The first kappa shape index (κ1) is 12.2. The van der Waals surface area contributed by atoms with Crippen LogP contribution in [-0.2, 0) is 0 Å². The van der Waals surface area contributed by atoms with Gasteiger partial charge in [0.05, 0.1) is 12.4 Å². The number of nitrogens with two attached hydrogens (primary N) is 2. The molecule has 0 amide bonds. The molecule has 3 heteroatoms. The van der Waals surface area contributed by atoms with Crippen molar-refractivity contribution in [2.75, 3.05) is 6.54 Å². The fourth-order valence-corrected chi connectivity index (χ4v) is 0.907. The van der Waals surface area contributed by atoms with Crippen molar-refractivity contribution >= 4 is 5.84 Å². The van der Waals surface area contributed by atoms with Crippen LogP contribution in [0.25, 0.3) is 0 Å². The third kappa shape index (κ3) is 9.08. The van der Waals surface area contributed by atoms with Gasteiger partial charge in [-0.1, -0.05) is 11.6 Å². The first-order valence-electron chi connectivity index (χ1n) is 4.70. The van der Waals surface area contributed by atoms with Gasteiger partial charge in [-0.3, -0.25) is 4.99 Å². The molecule has 0 aliphatic rings. The molecule has 13 heavy (non-hydrogen) atoms. The molecule has 0 bridgehead atoms. The van der Waals surface area contributed by atoms with Gasteiger partial charge in [-0.05, 0) is 33.6 Å². The highest BCUT2D eigenvalue weighted by Gasteiger charge is 1.92. The number of nitrogens with zero attached hydrogens (tertiary/aromatic N) is 1. The van der Waals surface area contributed by atoms with E-state index in [4.69, 9.17) is 11.5 Å². The van der Waals surface area contributed by atoms with Crippen LogP contribution in [0.15, 0.2) is 16.6 Å². The van der Waals surface area contributed by atoms with Crippen molar-refractivity contribution < 1.29 is 0 Å². The zero-order valence-corrected chi connectivity index (χ0v) is 8.88. The van der Waals surface area contributed by atoms with Crippen LogP contribution in [0.3, 0.4) is 0 Å². The minimum Gasteiger partial charge on any atom is -0.388 e. The third-order valence-corrected chi connectivity index (χ3v) is 1.69. The Morgan fingerprint density at radius 2 is 2.08 bits per heavy atom. The minimum absolute atomic E-state index is 0.281. The molecule has 0 saturated heterocycles. The van der Waals surface area contributed by atoms with Crippen molar-refractivity contribution in [2.24, 2.45) is 16.5 Å². The molecular formula is C10H21N3. The Balaban J connectivity index is 3.70. The van der Waals surface area contributed by atoms with E-state index < -0.39 is 0 Å². The predicted octanol–water partition coefficient (Wildman–Crippen LogP) is 1.44. The largest absolute Gasteiger partial charge is 0.388 e. The lowest BCUT2D eigenvalue weighted by atomic mass is 10.1. The lowest BCUT2D eigenvalue weighted by Gasteiger charge is -2.01. The van der Waals surface area contributed by atoms with Gasteiger partial charge in [0.15, 0.2) is 0 Å². The molecule has 0 aliphatic carbocycles. The van der Waals surface area contributed by atoms with E-state index in [0.29, 0.717) is 12.4 Å². The second kappa shape index (κ2) is 6.66. The van der Waals surface area contributed by atoms with Gasteiger partial charge < -0.3 is 11.5 Å². The Bertz CT molecular complexity index is 188. The van der Waals surface area contributed by atoms with Gasteiger partial charge in [-0.2, -0.15) is 0 Å². The highest BCUT2D eigenvalue weighted by molar-refractivity contribution is 5.77. The molecule has 0 saturated carbocycles. The van der Waals surface area contributed by atoms with Gasteiger partial charge >= 0.3 is 0 Å². The van der Waals surface area contributed by atoms with Crippen molar-refractivity contribution in [3.05, 3.63) is 11.6 Å². The summed E-state index contributed by atoms with van der Waals surface area (Å²) in [6.45, 7) is 6.59. The molecule has 3 nitrogen and oxygen atoms in total. The van der Waals surface area contributed by atoms with Gasteiger partial charge in [0.2, 0.25) is 0 Å². The van der Waals surface area contributed by atoms with Gasteiger partial charge in [-0.15, -0.1) is 0 Å². The molecular weight excluding hydrogens is 162 g/mol. The molecule has 0 heterocycles. The number of amidine groups is 1. The van der Waals surface area contributed by atoms with Crippen LogP contribution in [0.2, 0.25) is 0 Å². The van der Waals surface area contributed by atoms with Crippen molar-refractivity contribution in [1.82, 2.24) is 0 Å². The number of hydrogen-bond acceptors (Lipinski definition) is 2. The molecule has 0 radical (unpaired) electrons. The maximum Gasteiger partial charge on any atom is 0.0909 e. The van der Waals surface area contributed by atoms with Crippen LogP contribution < -0.4 is 11.5 Å². The summed E-state index contributed by atoms with van der Waals surface area (Å²) in [5.74, 6) is 0.639. The Kier molecular flexibility index (Phi) is 6.24. The summed E-state index contributed by atoms with van der Waals surface area (Å²) in [5, 5.41) is 0. The van der Waals surface area contributed by atoms with E-state index in [1.165, 1.54) is 5.57 Å². The van der Waals surface area contributed by atoms with Crippen molar-refractivity contribution in [3.8, 4) is 0 Å². The molecule has 0 fully saturated rings. The standard InChI is InChI=1S/C10H21N3/c1-8(7-13-10(3)12)5-4-6-9(2)11/h5,9H,4,6-7,11H2,1-3H3,(H2,12,13)/b8-5-/t9-/m1/s1. The fourth-order valence-electron chi connectivity index (χ4n) is 0.907. The van der Waals surface area contributed by atoms with Crippen LogP contribution in [0.4, 0.5) is 0 Å². The molecule has 1 atom stereocenters. The maximum absolute atomic E-state index is 5.62. The molecule has 76 valence electrons. The van der Waals surface area contributed by atoms with E-state index in [2.05, 4.69) is 18.0 Å². The van der Waals surface area contributed by atoms with E-state index in [1.54, 1.807) is 6.92 Å². The number of rotatable bonds is 5. The highest BCUT2D eigenvalue weighted by atomic mass is 14.8. The summed E-state index contributed by atoms with van der Waals surface area (Å²) < 4.78 is 0. The zero-order chi connectivity index (χ0) is 10.3. The number of hydrogen-bond donors (Lipinski definition) is 2. The van der Waals surface area contributed by atoms with Crippen molar-refractivity contribution in [1.29, 1.82) is 0 Å². The summed E-state index contributed by atoms with van der Waals surface area (Å²) >= 11 is 0. The minimum atomic E-state index is 0.281. The molecule has 0 aromatic carbocycles. The average Bonchev–Trinajstić information content (AvgIpc) is 2.00. The lowest BCUT2D eigenvalue weighted by Crippen LogP contribution is -2.13. The van der Waals surface area contributed by atoms with E-state index in [9.17, 15) is 0 Å². The summed E-state index contributed by atoms with van der Waals surface area (Å²) in [4.78, 5) is 4.12. The van der Waals surface area contributed by atoms with E-state index in [0.717, 1.165) is 12.8 Å². The topological polar surface area (TPSA) is 64.4 Å². The van der Waals surface area contributed by atoms with E-state index in [-0.39, 0.29) is 6.04 Å². The maximum atomic E-state index is 5.62. The summed E-state index contributed by atoms with van der Waals surface area (Å²) in [6.07, 6.45) is 4.24. The molecule has 0 aliphatic heterocycles. The molecule has 4 N–H and O–H groups in total. The Hall–Kier alpha value is -0.830. The average molecular weight is 183 g/mol. The van der Waals surface area contributed by atoms with Gasteiger partial charge in [0.25, 0.3) is 0 Å². The predicted molar refractivity (Wildman–Crippen MR) is 58.8 cm³/mol. The second-order valence-electron chi connectivity index (χ2n) is 3.56. The zero-order valence-electron chi connectivity index (χ0n) is 8.88. The monoisotopic (exact) mass is 183 g/mol. The van der Waals surface area contributed by atoms with Crippen molar-refractivity contribution in [2.45, 2.75) is 39.7 Å². The molecule has 0 rings (SSSR count). The SMILES string of the molecule is CC(N)=NC/C(C)=C\CC[C@@H](C)N. The Labute approximate surface area is 80.9 Å². The highest BCUT2D eigenvalue weighted by Crippen LogP contribution is 2.00. The van der Waals surface area contributed by atoms with E-state index >= 15 is 0 Å². The molecule has 0 unspecified atom stereocenters. The molecule has 0 spiro atoms. The third-order valence-electron chi connectivity index (χ3n) is 1.69. The molecule has 0 aromatic heterocycles. The molecule has 0 aromatic rings. The summed E-state index contributed by atoms with van der Waals surface area (Å²) in [5.41, 5.74) is 12.3. The van der Waals surface area contributed by atoms with Crippen molar-refractivity contribution in [3.63, 3.8) is 0 Å². The van der Waals surface area contributed by atoms with Crippen LogP contribution in [0.5, 0.6) is 0 Å². The van der Waals surface area contributed by atoms with Crippen LogP contribution in [0, 0.1) is 0 Å². The van der Waals surface area contributed by atoms with Gasteiger partial charge in [0.1, 0.15) is 0 Å². The van der Waals surface area contributed by atoms with Gasteiger partial charge in [0, 0.05) is 6.04 Å². The normalized spacial score (nSPS) is 16.0. The Morgan fingerprint density at radius 3 is 2.54 bits per heavy atom.